The van der Waals surface area contributed by atoms with Crippen molar-refractivity contribution in [1.82, 2.24) is 5.32 Å². The third kappa shape index (κ3) is 4.65. The molecular formula is C13H17NO5S. The quantitative estimate of drug-likeness (QED) is 0.790. The van der Waals surface area contributed by atoms with Crippen molar-refractivity contribution in [2.45, 2.75) is 24.3 Å². The number of carbonyl (C=O) groups excluding carboxylic acids is 2. The summed E-state index contributed by atoms with van der Waals surface area (Å²) in [5.74, 6) is -0.940. The van der Waals surface area contributed by atoms with Gasteiger partial charge in [0.05, 0.1) is 12.0 Å². The third-order valence-corrected chi connectivity index (χ3v) is 3.74. The van der Waals surface area contributed by atoms with Gasteiger partial charge in [0.2, 0.25) is 5.91 Å². The molecule has 0 aliphatic heterocycles. The summed E-state index contributed by atoms with van der Waals surface area (Å²) in [6.45, 7) is 1.29. The average molecular weight is 299 g/mol. The summed E-state index contributed by atoms with van der Waals surface area (Å²) < 4.78 is 27.6. The number of methoxy groups -OCH3 is 1. The maximum absolute atomic E-state index is 11.6. The summed E-state index contributed by atoms with van der Waals surface area (Å²) in [6, 6.07) is 5.39. The zero-order chi connectivity index (χ0) is 15.3. The van der Waals surface area contributed by atoms with Crippen LogP contribution in [-0.2, 0) is 30.6 Å². The van der Waals surface area contributed by atoms with Gasteiger partial charge in [-0.05, 0) is 17.7 Å². The van der Waals surface area contributed by atoms with E-state index >= 15 is 0 Å². The Morgan fingerprint density at radius 2 is 2.00 bits per heavy atom. The summed E-state index contributed by atoms with van der Waals surface area (Å²) >= 11 is 0. The van der Waals surface area contributed by atoms with E-state index in [1.54, 1.807) is 12.1 Å². The molecule has 0 radical (unpaired) electrons. The largest absolute Gasteiger partial charge is 0.467 e. The first kappa shape index (κ1) is 16.2. The summed E-state index contributed by atoms with van der Waals surface area (Å²) in [5, 5.41) is 2.47. The lowest BCUT2D eigenvalue weighted by molar-refractivity contribution is -0.144. The molecule has 1 atom stereocenters. The van der Waals surface area contributed by atoms with Crippen LogP contribution in [0.1, 0.15) is 12.5 Å². The number of amides is 1. The second kappa shape index (κ2) is 6.51. The molecule has 0 unspecified atom stereocenters. The molecule has 110 valence electrons. The number of benzene rings is 1. The first-order valence-electron chi connectivity index (χ1n) is 5.88. The van der Waals surface area contributed by atoms with Crippen molar-refractivity contribution in [2.75, 3.05) is 13.4 Å². The van der Waals surface area contributed by atoms with Crippen molar-refractivity contribution in [1.29, 1.82) is 0 Å². The molecule has 0 fully saturated rings. The van der Waals surface area contributed by atoms with Crippen molar-refractivity contribution in [3.05, 3.63) is 29.8 Å². The minimum Gasteiger partial charge on any atom is -0.467 e. The molecule has 0 aromatic heterocycles. The number of esters is 1. The van der Waals surface area contributed by atoms with Crippen LogP contribution < -0.4 is 5.32 Å². The zero-order valence-corrected chi connectivity index (χ0v) is 12.4. The smallest absolute Gasteiger partial charge is 0.328 e. The molecule has 0 aliphatic rings. The van der Waals surface area contributed by atoms with E-state index in [1.165, 1.54) is 26.2 Å². The van der Waals surface area contributed by atoms with E-state index in [0.717, 1.165) is 6.26 Å². The maximum Gasteiger partial charge on any atom is 0.328 e. The van der Waals surface area contributed by atoms with Crippen molar-refractivity contribution in [3.63, 3.8) is 0 Å². The van der Waals surface area contributed by atoms with E-state index in [0.29, 0.717) is 5.56 Å². The van der Waals surface area contributed by atoms with E-state index in [1.807, 2.05) is 0 Å². The highest BCUT2D eigenvalue weighted by molar-refractivity contribution is 7.90. The van der Waals surface area contributed by atoms with Crippen molar-refractivity contribution in [2.24, 2.45) is 0 Å². The van der Waals surface area contributed by atoms with Crippen molar-refractivity contribution >= 4 is 21.7 Å². The van der Waals surface area contributed by atoms with E-state index in [9.17, 15) is 18.0 Å². The van der Waals surface area contributed by atoms with Gasteiger partial charge in [0.25, 0.3) is 0 Å². The first-order chi connectivity index (χ1) is 9.24. The monoisotopic (exact) mass is 299 g/mol. The molecule has 0 saturated heterocycles. The van der Waals surface area contributed by atoms with Crippen molar-refractivity contribution < 1.29 is 22.7 Å². The van der Waals surface area contributed by atoms with E-state index in [-0.39, 0.29) is 17.2 Å². The lowest BCUT2D eigenvalue weighted by atomic mass is 10.1. The molecule has 6 nitrogen and oxygen atoms in total. The van der Waals surface area contributed by atoms with Gasteiger partial charge < -0.3 is 10.1 Å². The highest BCUT2D eigenvalue weighted by Gasteiger charge is 2.21. The van der Waals surface area contributed by atoms with Crippen LogP contribution in [0.15, 0.2) is 29.2 Å². The zero-order valence-electron chi connectivity index (χ0n) is 11.5. The summed E-state index contributed by atoms with van der Waals surface area (Å²) in [7, 11) is -2.09. The molecule has 0 bridgehead atoms. The van der Waals surface area contributed by atoms with Gasteiger partial charge in [-0.25, -0.2) is 13.2 Å². The lowest BCUT2D eigenvalue weighted by Crippen LogP contribution is -2.42. The van der Waals surface area contributed by atoms with E-state index < -0.39 is 21.8 Å². The average Bonchev–Trinajstić information content (AvgIpc) is 2.36. The van der Waals surface area contributed by atoms with Crippen LogP contribution in [-0.4, -0.2) is 39.7 Å². The fraction of sp³-hybridized carbons (Fsp3) is 0.385. The number of carbonyl (C=O) groups is 2. The van der Waals surface area contributed by atoms with Gasteiger partial charge in [0.1, 0.15) is 6.04 Å². The number of ether oxygens (including phenoxy) is 1. The number of rotatable bonds is 5. The van der Waals surface area contributed by atoms with Gasteiger partial charge in [-0.2, -0.15) is 0 Å². The molecule has 0 aliphatic carbocycles. The van der Waals surface area contributed by atoms with Gasteiger partial charge in [0.15, 0.2) is 9.84 Å². The Morgan fingerprint density at radius 3 is 2.50 bits per heavy atom. The third-order valence-electron chi connectivity index (χ3n) is 2.63. The number of nitrogens with one attached hydrogen (secondary N) is 1. The first-order valence-corrected chi connectivity index (χ1v) is 7.77. The molecule has 1 rings (SSSR count). The van der Waals surface area contributed by atoms with E-state index in [2.05, 4.69) is 10.1 Å². The Morgan fingerprint density at radius 1 is 1.35 bits per heavy atom. The normalized spacial score (nSPS) is 12.6. The van der Waals surface area contributed by atoms with Crippen LogP contribution in [0.3, 0.4) is 0 Å². The molecule has 1 aromatic carbocycles. The van der Waals surface area contributed by atoms with Crippen molar-refractivity contribution in [3.8, 4) is 0 Å². The van der Waals surface area contributed by atoms with Crippen LogP contribution in [0.25, 0.3) is 0 Å². The number of hydrogen-bond donors (Lipinski definition) is 1. The fourth-order valence-corrected chi connectivity index (χ4v) is 2.41. The molecular weight excluding hydrogens is 282 g/mol. The predicted molar refractivity (Wildman–Crippen MR) is 72.9 cm³/mol. The Kier molecular flexibility index (Phi) is 5.26. The highest BCUT2D eigenvalue weighted by atomic mass is 32.2. The topological polar surface area (TPSA) is 89.5 Å². The van der Waals surface area contributed by atoms with Gasteiger partial charge in [-0.3, -0.25) is 4.79 Å². The second-order valence-electron chi connectivity index (χ2n) is 4.40. The minimum atomic E-state index is -3.31. The molecule has 1 aromatic rings. The van der Waals surface area contributed by atoms with Gasteiger partial charge in [-0.1, -0.05) is 12.1 Å². The summed E-state index contributed by atoms with van der Waals surface area (Å²) in [4.78, 5) is 22.8. The van der Waals surface area contributed by atoms with Crippen LogP contribution >= 0.6 is 0 Å². The van der Waals surface area contributed by atoms with E-state index in [4.69, 9.17) is 0 Å². The Balaban J connectivity index is 2.99. The Bertz CT molecular complexity index is 609. The number of hydrogen-bond acceptors (Lipinski definition) is 5. The summed E-state index contributed by atoms with van der Waals surface area (Å²) in [6.07, 6.45) is 1.27. The minimum absolute atomic E-state index is 0.162. The van der Waals surface area contributed by atoms with Crippen LogP contribution in [0.2, 0.25) is 0 Å². The van der Waals surface area contributed by atoms with Gasteiger partial charge in [-0.15, -0.1) is 0 Å². The second-order valence-corrected chi connectivity index (χ2v) is 6.42. The number of sulfone groups is 1. The molecule has 0 saturated carbocycles. The molecule has 1 N–H and O–H groups in total. The highest BCUT2D eigenvalue weighted by Crippen LogP contribution is 2.13. The molecule has 0 spiro atoms. The maximum atomic E-state index is 11.6. The Hall–Kier alpha value is -1.89. The van der Waals surface area contributed by atoms with Gasteiger partial charge in [0, 0.05) is 19.6 Å². The van der Waals surface area contributed by atoms with Crippen LogP contribution in [0, 0.1) is 0 Å². The molecule has 7 heteroatoms. The lowest BCUT2D eigenvalue weighted by Gasteiger charge is -2.15. The Labute approximate surface area is 118 Å². The predicted octanol–water partition coefficient (Wildman–Crippen LogP) is 0.310. The SMILES string of the molecule is COC(=O)[C@H](Cc1cccc(S(C)(=O)=O)c1)NC(C)=O. The molecule has 20 heavy (non-hydrogen) atoms. The summed E-state index contributed by atoms with van der Waals surface area (Å²) in [5.41, 5.74) is 0.622. The standard InChI is InChI=1S/C13H17NO5S/c1-9(15)14-12(13(16)19-2)8-10-5-4-6-11(7-10)20(3,17)18/h4-7,12H,8H2,1-3H3,(H,14,15)/t12-/m0/s1. The fourth-order valence-electron chi connectivity index (χ4n) is 1.72. The van der Waals surface area contributed by atoms with Crippen LogP contribution in [0.5, 0.6) is 0 Å². The van der Waals surface area contributed by atoms with Gasteiger partial charge >= 0.3 is 5.97 Å². The van der Waals surface area contributed by atoms with Crippen LogP contribution in [0.4, 0.5) is 0 Å². The molecule has 0 heterocycles. The molecule has 1 amide bonds.